The summed E-state index contributed by atoms with van der Waals surface area (Å²) >= 11 is 0. The second-order valence-electron chi connectivity index (χ2n) is 5.35. The zero-order valence-electron chi connectivity index (χ0n) is 13.1. The summed E-state index contributed by atoms with van der Waals surface area (Å²) < 4.78 is 11.3. The quantitative estimate of drug-likeness (QED) is 0.528. The zero-order chi connectivity index (χ0) is 16.3. The maximum atomic E-state index is 9.27. The van der Waals surface area contributed by atoms with E-state index in [1.54, 1.807) is 4.90 Å². The van der Waals surface area contributed by atoms with Crippen molar-refractivity contribution in [3.63, 3.8) is 0 Å². The van der Waals surface area contributed by atoms with E-state index < -0.39 is 0 Å². The molecule has 8 heteroatoms. The number of nitrogens with one attached hydrogen (secondary N) is 1. The lowest BCUT2D eigenvalue weighted by Crippen LogP contribution is -2.39. The lowest BCUT2D eigenvalue weighted by molar-refractivity contribution is 0.0109. The Bertz CT molecular complexity index is 539. The van der Waals surface area contributed by atoms with E-state index in [9.17, 15) is 5.11 Å². The molecule has 8 nitrogen and oxygen atoms in total. The van der Waals surface area contributed by atoms with Crippen LogP contribution in [0.1, 0.15) is 25.8 Å². The summed E-state index contributed by atoms with van der Waals surface area (Å²) in [6, 6.07) is 0. The lowest BCUT2D eigenvalue weighted by Gasteiger charge is -2.29. The summed E-state index contributed by atoms with van der Waals surface area (Å²) in [5.74, 6) is 1.12. The van der Waals surface area contributed by atoms with Crippen LogP contribution >= 0.6 is 0 Å². The van der Waals surface area contributed by atoms with Crippen molar-refractivity contribution >= 4 is 18.1 Å². The molecule has 1 aromatic heterocycles. The highest BCUT2D eigenvalue weighted by atomic mass is 16.5. The molecule has 0 aromatic carbocycles. The molecular weight excluding hydrogens is 286 g/mol. The molecule has 1 aliphatic heterocycles. The minimum atomic E-state index is -0.378. The van der Waals surface area contributed by atoms with E-state index in [2.05, 4.69) is 9.97 Å². The van der Waals surface area contributed by atoms with E-state index >= 15 is 0 Å². The summed E-state index contributed by atoms with van der Waals surface area (Å²) in [6.07, 6.45) is 1.28. The number of aliphatic hydroxyl groups excluding tert-OH is 1. The highest BCUT2D eigenvalue weighted by Crippen LogP contribution is 2.33. The Hall–Kier alpha value is -1.93. The molecule has 2 heterocycles. The van der Waals surface area contributed by atoms with Crippen LogP contribution in [0.5, 0.6) is 5.88 Å². The number of ether oxygens (including phenoxy) is 2. The van der Waals surface area contributed by atoms with Gasteiger partial charge in [-0.2, -0.15) is 9.97 Å². The predicted molar refractivity (Wildman–Crippen MR) is 83.1 cm³/mol. The largest absolute Gasteiger partial charge is 0.478 e. The number of nitrogen functional groups attached to an aromatic ring is 1. The third kappa shape index (κ3) is 3.12. The number of anilines is 2. The minimum Gasteiger partial charge on any atom is -0.478 e. The highest BCUT2D eigenvalue weighted by molar-refractivity contribution is 5.78. The van der Waals surface area contributed by atoms with E-state index in [-0.39, 0.29) is 30.8 Å². The number of nitrogens with zero attached hydrogens (tertiary/aromatic N) is 3. The van der Waals surface area contributed by atoms with Gasteiger partial charge in [-0.1, -0.05) is 6.92 Å². The fourth-order valence-corrected chi connectivity index (χ4v) is 2.66. The van der Waals surface area contributed by atoms with Crippen LogP contribution in [-0.2, 0) is 4.74 Å². The summed E-state index contributed by atoms with van der Waals surface area (Å²) in [4.78, 5) is 9.92. The number of rotatable bonds is 6. The van der Waals surface area contributed by atoms with Gasteiger partial charge in [0.1, 0.15) is 12.0 Å². The van der Waals surface area contributed by atoms with Crippen LogP contribution in [0.3, 0.4) is 0 Å². The van der Waals surface area contributed by atoms with Crippen LogP contribution in [0.4, 0.5) is 11.8 Å². The van der Waals surface area contributed by atoms with Crippen molar-refractivity contribution in [3.8, 4) is 5.88 Å². The maximum absolute atomic E-state index is 9.27. The second kappa shape index (κ2) is 6.89. The average Bonchev–Trinajstić information content (AvgIpc) is 2.86. The summed E-state index contributed by atoms with van der Waals surface area (Å²) in [7, 11) is 0. The normalized spacial score (nSPS) is 24.3. The van der Waals surface area contributed by atoms with Gasteiger partial charge in [0.25, 0.3) is 0 Å². The van der Waals surface area contributed by atoms with E-state index in [4.69, 9.17) is 20.6 Å². The summed E-state index contributed by atoms with van der Waals surface area (Å²) in [5, 5.41) is 17.0. The fourth-order valence-electron chi connectivity index (χ4n) is 2.66. The smallest absolute Gasteiger partial charge is 0.225 e. The third-order valence-corrected chi connectivity index (χ3v) is 3.69. The molecule has 3 atom stereocenters. The molecule has 2 rings (SSSR count). The van der Waals surface area contributed by atoms with Crippen molar-refractivity contribution in [2.45, 2.75) is 39.5 Å². The van der Waals surface area contributed by atoms with Gasteiger partial charge in [-0.05, 0) is 20.3 Å². The fraction of sp³-hybridized carbons (Fsp3) is 0.643. The van der Waals surface area contributed by atoms with Crippen molar-refractivity contribution < 1.29 is 14.6 Å². The molecule has 122 valence electrons. The molecule has 0 saturated carbocycles. The van der Waals surface area contributed by atoms with Crippen molar-refractivity contribution in [1.82, 2.24) is 9.97 Å². The highest BCUT2D eigenvalue weighted by Gasteiger charge is 2.37. The zero-order valence-corrected chi connectivity index (χ0v) is 13.1. The first-order valence-corrected chi connectivity index (χ1v) is 7.33. The monoisotopic (exact) mass is 309 g/mol. The number of hydrogen-bond donors (Lipinski definition) is 3. The molecule has 4 N–H and O–H groups in total. The van der Waals surface area contributed by atoms with Crippen LogP contribution in [0, 0.1) is 18.3 Å². The van der Waals surface area contributed by atoms with Gasteiger partial charge < -0.3 is 20.3 Å². The minimum absolute atomic E-state index is 0.0399. The van der Waals surface area contributed by atoms with E-state index in [0.717, 1.165) is 12.8 Å². The first kappa shape index (κ1) is 16.4. The predicted octanol–water partition coefficient (Wildman–Crippen LogP) is 0.923. The van der Waals surface area contributed by atoms with E-state index in [1.165, 1.54) is 0 Å². The molecule has 0 radical (unpaired) electrons. The van der Waals surface area contributed by atoms with E-state index in [0.29, 0.717) is 23.9 Å². The Morgan fingerprint density at radius 2 is 2.27 bits per heavy atom. The lowest BCUT2D eigenvalue weighted by atomic mass is 10.1. The molecule has 1 fully saturated rings. The van der Waals surface area contributed by atoms with Crippen LogP contribution in [0.15, 0.2) is 0 Å². The van der Waals surface area contributed by atoms with Gasteiger partial charge in [0.05, 0.1) is 31.2 Å². The topological polar surface area (TPSA) is 118 Å². The molecule has 1 saturated heterocycles. The summed E-state index contributed by atoms with van der Waals surface area (Å²) in [6.45, 7) is 6.12. The third-order valence-electron chi connectivity index (χ3n) is 3.69. The van der Waals surface area contributed by atoms with Gasteiger partial charge in [0.15, 0.2) is 0 Å². The Morgan fingerprint density at radius 3 is 2.82 bits per heavy atom. The van der Waals surface area contributed by atoms with Crippen LogP contribution < -0.4 is 15.4 Å². The van der Waals surface area contributed by atoms with Crippen molar-refractivity contribution in [2.75, 3.05) is 23.8 Å². The van der Waals surface area contributed by atoms with Crippen LogP contribution in [0.2, 0.25) is 0 Å². The number of aliphatic hydroxyl groups is 1. The van der Waals surface area contributed by atoms with Crippen molar-refractivity contribution in [2.24, 2.45) is 5.92 Å². The molecule has 1 aromatic rings. The molecule has 1 aliphatic rings. The molecule has 22 heavy (non-hydrogen) atoms. The Morgan fingerprint density at radius 1 is 1.55 bits per heavy atom. The van der Waals surface area contributed by atoms with Gasteiger partial charge in [-0.3, -0.25) is 10.3 Å². The molecule has 0 unspecified atom stereocenters. The standard InChI is InChI=1S/C14H23N5O3/c1-4-21-12-9(3)11(17-14(16)18-12)19(7-15)13-8(2)5-10(6-20)22-13/h7-8,10,13,15,20H,4-6H2,1-3H3,(H2,16,17,18)/t8-,10-,13+/m0/s1. The average molecular weight is 309 g/mol. The Kier molecular flexibility index (Phi) is 5.15. The molecule has 0 spiro atoms. The number of aromatic nitrogens is 2. The van der Waals surface area contributed by atoms with Crippen LogP contribution in [0.25, 0.3) is 0 Å². The van der Waals surface area contributed by atoms with Gasteiger partial charge >= 0.3 is 0 Å². The maximum Gasteiger partial charge on any atom is 0.225 e. The first-order valence-electron chi connectivity index (χ1n) is 7.33. The van der Waals surface area contributed by atoms with Gasteiger partial charge in [-0.25, -0.2) is 0 Å². The second-order valence-corrected chi connectivity index (χ2v) is 5.35. The van der Waals surface area contributed by atoms with Crippen molar-refractivity contribution in [1.29, 1.82) is 5.41 Å². The summed E-state index contributed by atoms with van der Waals surface area (Å²) in [5.41, 5.74) is 6.45. The first-order chi connectivity index (χ1) is 10.5. The van der Waals surface area contributed by atoms with Gasteiger partial charge in [0.2, 0.25) is 11.8 Å². The number of nitrogens with two attached hydrogens (primary N) is 1. The van der Waals surface area contributed by atoms with Crippen LogP contribution in [-0.4, -0.2) is 47.0 Å². The van der Waals surface area contributed by atoms with Crippen molar-refractivity contribution in [3.05, 3.63) is 5.56 Å². The molecular formula is C14H23N5O3. The molecule has 0 aliphatic carbocycles. The molecule has 0 bridgehead atoms. The Labute approximate surface area is 129 Å². The molecule has 0 amide bonds. The Balaban J connectivity index is 2.37. The van der Waals surface area contributed by atoms with Gasteiger partial charge in [0, 0.05) is 5.92 Å². The van der Waals surface area contributed by atoms with Gasteiger partial charge in [-0.15, -0.1) is 0 Å². The SMILES string of the molecule is CCOc1nc(N)nc(N(C=N)[C@@H]2O[C@H](CO)C[C@@H]2C)c1C. The van der Waals surface area contributed by atoms with E-state index in [1.807, 2.05) is 20.8 Å². The number of hydrogen-bond acceptors (Lipinski definition) is 7.